The minimum absolute atomic E-state index is 0.215. The third kappa shape index (κ3) is 0.919. The average molecular weight is 170 g/mol. The molecule has 1 aliphatic rings. The van der Waals surface area contributed by atoms with Gasteiger partial charge >= 0.3 is 11.8 Å². The minimum atomic E-state index is 0.215. The van der Waals surface area contributed by atoms with Gasteiger partial charge in [-0.25, -0.2) is 0 Å². The maximum absolute atomic E-state index is 10.9. The molecule has 12 heavy (non-hydrogen) atoms. The first-order chi connectivity index (χ1) is 5.81. The van der Waals surface area contributed by atoms with Gasteiger partial charge < -0.3 is 9.57 Å². The Hall–Kier alpha value is -1.59. The van der Waals surface area contributed by atoms with E-state index in [2.05, 4.69) is 9.82 Å². The highest BCUT2D eigenvalue weighted by Crippen LogP contribution is 2.21. The summed E-state index contributed by atoms with van der Waals surface area (Å²) in [5, 5.41) is 0. The predicted octanol–water partition coefficient (Wildman–Crippen LogP) is 0.247. The Bertz CT molecular complexity index is 298. The van der Waals surface area contributed by atoms with E-state index in [-0.39, 0.29) is 5.82 Å². The number of hydrogen-bond donors (Lipinski definition) is 0. The van der Waals surface area contributed by atoms with Crippen LogP contribution in [0.1, 0.15) is 0 Å². The topological polar surface area (TPSA) is 56.4 Å². The summed E-state index contributed by atoms with van der Waals surface area (Å²) >= 11 is 0. The summed E-state index contributed by atoms with van der Waals surface area (Å²) in [5.74, 6) is 0.215. The van der Waals surface area contributed by atoms with Crippen molar-refractivity contribution in [1.29, 1.82) is 0 Å². The molecule has 0 amide bonds. The summed E-state index contributed by atoms with van der Waals surface area (Å²) in [4.78, 5) is 19.5. The zero-order valence-electron chi connectivity index (χ0n) is 6.56. The van der Waals surface area contributed by atoms with Crippen LogP contribution in [0, 0.1) is 4.91 Å². The number of aromatic nitrogens is 2. The Morgan fingerprint density at radius 1 is 1.83 bits per heavy atom. The number of imidazole rings is 1. The standard InChI is InChI=1S/C6H8N3O3/c1-11-9(10)5-4-8-2-3-12-6(8)7-5/h4H,2-3H2,1H3/q+1. The molecule has 0 N–H and O–H groups in total. The first kappa shape index (κ1) is 7.08. The highest BCUT2D eigenvalue weighted by atomic mass is 16.8. The summed E-state index contributed by atoms with van der Waals surface area (Å²) in [7, 11) is 1.29. The molecule has 1 aliphatic heterocycles. The fourth-order valence-corrected chi connectivity index (χ4v) is 1.08. The lowest BCUT2D eigenvalue weighted by molar-refractivity contribution is -0.739. The summed E-state index contributed by atoms with van der Waals surface area (Å²) in [6, 6.07) is 0.475. The molecule has 2 heterocycles. The number of ether oxygens (including phenoxy) is 1. The van der Waals surface area contributed by atoms with E-state index in [1.165, 1.54) is 7.11 Å². The third-order valence-corrected chi connectivity index (χ3v) is 1.64. The summed E-state index contributed by atoms with van der Waals surface area (Å²) in [6.07, 6.45) is 1.60. The lowest BCUT2D eigenvalue weighted by Crippen LogP contribution is -1.99. The van der Waals surface area contributed by atoms with Crippen LogP contribution in [0.25, 0.3) is 0 Å². The maximum atomic E-state index is 10.9. The second kappa shape index (κ2) is 2.47. The van der Waals surface area contributed by atoms with Crippen LogP contribution < -0.4 is 4.74 Å². The number of hydrogen-bond acceptors (Lipinski definition) is 4. The van der Waals surface area contributed by atoms with Gasteiger partial charge in [0.2, 0.25) is 0 Å². The smallest absolute Gasteiger partial charge is 0.430 e. The molecule has 0 atom stereocenters. The van der Waals surface area contributed by atoms with Crippen molar-refractivity contribution < 1.29 is 14.5 Å². The Kier molecular flexibility index (Phi) is 1.46. The molecule has 0 aromatic carbocycles. The van der Waals surface area contributed by atoms with E-state index in [0.29, 0.717) is 17.5 Å². The molecule has 1 aromatic heterocycles. The van der Waals surface area contributed by atoms with Crippen LogP contribution in [-0.4, -0.2) is 28.2 Å². The van der Waals surface area contributed by atoms with Crippen molar-refractivity contribution >= 4 is 5.82 Å². The van der Waals surface area contributed by atoms with Crippen molar-refractivity contribution in [2.24, 2.45) is 0 Å². The molecule has 0 bridgehead atoms. The molecule has 0 radical (unpaired) electrons. The highest BCUT2D eigenvalue weighted by Gasteiger charge is 2.27. The summed E-state index contributed by atoms with van der Waals surface area (Å²) in [5.41, 5.74) is 0. The first-order valence-corrected chi connectivity index (χ1v) is 3.52. The van der Waals surface area contributed by atoms with Crippen LogP contribution in [0.5, 0.6) is 6.01 Å². The zero-order chi connectivity index (χ0) is 8.55. The van der Waals surface area contributed by atoms with Crippen LogP contribution in [-0.2, 0) is 11.4 Å². The summed E-state index contributed by atoms with van der Waals surface area (Å²) in [6.45, 7) is 1.36. The van der Waals surface area contributed by atoms with Gasteiger partial charge in [0, 0.05) is 4.98 Å². The number of rotatable bonds is 2. The monoisotopic (exact) mass is 170 g/mol. The van der Waals surface area contributed by atoms with E-state index < -0.39 is 0 Å². The molecule has 2 rings (SSSR count). The van der Waals surface area contributed by atoms with Crippen molar-refractivity contribution in [3.05, 3.63) is 11.1 Å². The van der Waals surface area contributed by atoms with Gasteiger partial charge in [-0.15, -0.1) is 0 Å². The first-order valence-electron chi connectivity index (χ1n) is 3.52. The van der Waals surface area contributed by atoms with Gasteiger partial charge in [0.1, 0.15) is 19.9 Å². The van der Waals surface area contributed by atoms with Gasteiger partial charge in [0.15, 0.2) is 4.92 Å². The zero-order valence-corrected chi connectivity index (χ0v) is 6.56. The third-order valence-electron chi connectivity index (χ3n) is 1.64. The van der Waals surface area contributed by atoms with Crippen LogP contribution in [0.15, 0.2) is 6.20 Å². The molecule has 0 unspecified atom stereocenters. The van der Waals surface area contributed by atoms with E-state index in [1.807, 2.05) is 0 Å². The second-order valence-electron chi connectivity index (χ2n) is 2.36. The molecule has 0 saturated carbocycles. The van der Waals surface area contributed by atoms with Crippen molar-refractivity contribution in [2.45, 2.75) is 6.54 Å². The lowest BCUT2D eigenvalue weighted by Gasteiger charge is -1.85. The van der Waals surface area contributed by atoms with Crippen molar-refractivity contribution in [3.8, 4) is 6.01 Å². The predicted molar refractivity (Wildman–Crippen MR) is 38.0 cm³/mol. The molecule has 0 fully saturated rings. The SMILES string of the molecule is CO[N+](=O)c1cn2c(n1)OCC2. The molecular formula is C6H8N3O3+. The maximum Gasteiger partial charge on any atom is 0.430 e. The molecule has 64 valence electrons. The summed E-state index contributed by atoms with van der Waals surface area (Å²) < 4.78 is 6.87. The minimum Gasteiger partial charge on any atom is -0.444 e. The largest absolute Gasteiger partial charge is 0.444 e. The van der Waals surface area contributed by atoms with Gasteiger partial charge in [-0.1, -0.05) is 0 Å². The number of fused-ring (bicyclic) bond motifs is 1. The molecule has 0 saturated heterocycles. The highest BCUT2D eigenvalue weighted by molar-refractivity contribution is 5.21. The quantitative estimate of drug-likeness (QED) is 0.597. The van der Waals surface area contributed by atoms with E-state index >= 15 is 0 Å². The Morgan fingerprint density at radius 2 is 2.67 bits per heavy atom. The van der Waals surface area contributed by atoms with Gasteiger partial charge in [0.25, 0.3) is 0 Å². The Morgan fingerprint density at radius 3 is 3.33 bits per heavy atom. The molecule has 1 aromatic rings. The lowest BCUT2D eigenvalue weighted by atomic mass is 10.7. The van der Waals surface area contributed by atoms with Crippen LogP contribution in [0.4, 0.5) is 5.82 Å². The van der Waals surface area contributed by atoms with E-state index in [4.69, 9.17) is 4.74 Å². The molecule has 0 spiro atoms. The van der Waals surface area contributed by atoms with Crippen LogP contribution in [0.3, 0.4) is 0 Å². The fraction of sp³-hybridized carbons (Fsp3) is 0.500. The molecule has 6 heteroatoms. The van der Waals surface area contributed by atoms with Gasteiger partial charge in [0.05, 0.1) is 6.54 Å². The molecule has 6 nitrogen and oxygen atoms in total. The van der Waals surface area contributed by atoms with Crippen molar-refractivity contribution in [1.82, 2.24) is 9.55 Å². The van der Waals surface area contributed by atoms with Crippen LogP contribution in [0.2, 0.25) is 0 Å². The van der Waals surface area contributed by atoms with E-state index in [9.17, 15) is 4.91 Å². The number of nitrogens with zero attached hydrogens (tertiary/aromatic N) is 3. The van der Waals surface area contributed by atoms with Crippen molar-refractivity contribution in [3.63, 3.8) is 0 Å². The molecule has 0 aliphatic carbocycles. The van der Waals surface area contributed by atoms with Crippen molar-refractivity contribution in [2.75, 3.05) is 13.7 Å². The van der Waals surface area contributed by atoms with Gasteiger partial charge in [-0.3, -0.25) is 4.57 Å². The average Bonchev–Trinajstić information content (AvgIpc) is 2.60. The normalized spacial score (nSPS) is 13.8. The molecular weight excluding hydrogens is 162 g/mol. The Balaban J connectivity index is 2.31. The fourth-order valence-electron chi connectivity index (χ4n) is 1.08. The second-order valence-corrected chi connectivity index (χ2v) is 2.36. The van der Waals surface area contributed by atoms with Gasteiger partial charge in [-0.05, 0) is 4.91 Å². The van der Waals surface area contributed by atoms with Crippen LogP contribution >= 0.6 is 0 Å². The van der Waals surface area contributed by atoms with E-state index in [1.54, 1.807) is 10.8 Å². The van der Waals surface area contributed by atoms with Gasteiger partial charge in [-0.2, -0.15) is 0 Å². The Labute approximate surface area is 68.2 Å². The van der Waals surface area contributed by atoms with E-state index in [0.717, 1.165) is 6.54 Å².